The maximum atomic E-state index is 11.8. The van der Waals surface area contributed by atoms with Crippen LogP contribution in [0.2, 0.25) is 0 Å². The molecule has 1 aliphatic heterocycles. The van der Waals surface area contributed by atoms with Crippen LogP contribution in [0.1, 0.15) is 51.3 Å². The number of benzene rings is 1. The molecule has 1 atom stereocenters. The Morgan fingerprint density at radius 3 is 2.65 bits per heavy atom. The standard InChI is InChI=1S/C17H26N2O/c1-6-18-14(11-17(2,3)4)12-7-8-15-13(9-12)10-16(20)19(15)5/h7-9,14,18H,6,10-11H2,1-5H3. The number of likely N-dealkylation sites (N-methyl/N-ethyl adjacent to an activating group) is 1. The van der Waals surface area contributed by atoms with Crippen molar-refractivity contribution in [2.45, 2.75) is 46.6 Å². The number of rotatable bonds is 4. The Morgan fingerprint density at radius 2 is 2.05 bits per heavy atom. The molecule has 110 valence electrons. The topological polar surface area (TPSA) is 32.3 Å². The third-order valence-electron chi connectivity index (χ3n) is 3.85. The minimum atomic E-state index is 0.188. The summed E-state index contributed by atoms with van der Waals surface area (Å²) in [5.74, 6) is 0.188. The van der Waals surface area contributed by atoms with Crippen LogP contribution in [-0.2, 0) is 11.2 Å². The molecule has 0 aromatic heterocycles. The minimum Gasteiger partial charge on any atom is -0.315 e. The van der Waals surface area contributed by atoms with Gasteiger partial charge in [-0.1, -0.05) is 39.8 Å². The summed E-state index contributed by atoms with van der Waals surface area (Å²) in [5.41, 5.74) is 3.79. The van der Waals surface area contributed by atoms with Gasteiger partial charge in [0.05, 0.1) is 6.42 Å². The van der Waals surface area contributed by atoms with Gasteiger partial charge in [-0.15, -0.1) is 0 Å². The quantitative estimate of drug-likeness (QED) is 0.913. The lowest BCUT2D eigenvalue weighted by atomic mass is 9.85. The lowest BCUT2D eigenvalue weighted by molar-refractivity contribution is -0.117. The number of nitrogens with one attached hydrogen (secondary N) is 1. The van der Waals surface area contributed by atoms with Crippen LogP contribution in [0.3, 0.4) is 0 Å². The highest BCUT2D eigenvalue weighted by Crippen LogP contribution is 2.34. The van der Waals surface area contributed by atoms with Crippen LogP contribution in [-0.4, -0.2) is 19.5 Å². The van der Waals surface area contributed by atoms with Gasteiger partial charge in [0.2, 0.25) is 5.91 Å². The van der Waals surface area contributed by atoms with Gasteiger partial charge in [-0.25, -0.2) is 0 Å². The Balaban J connectivity index is 2.27. The molecule has 1 heterocycles. The first-order valence-corrected chi connectivity index (χ1v) is 7.44. The predicted octanol–water partition coefficient (Wildman–Crippen LogP) is 3.29. The van der Waals surface area contributed by atoms with E-state index >= 15 is 0 Å². The average Bonchev–Trinajstić information content (AvgIpc) is 2.62. The van der Waals surface area contributed by atoms with E-state index in [-0.39, 0.29) is 11.3 Å². The van der Waals surface area contributed by atoms with Crippen molar-refractivity contribution in [2.75, 3.05) is 18.5 Å². The van der Waals surface area contributed by atoms with Crippen molar-refractivity contribution >= 4 is 11.6 Å². The largest absolute Gasteiger partial charge is 0.315 e. The Morgan fingerprint density at radius 1 is 1.35 bits per heavy atom. The van der Waals surface area contributed by atoms with Crippen LogP contribution in [0.15, 0.2) is 18.2 Å². The number of nitrogens with zero attached hydrogens (tertiary/aromatic N) is 1. The number of carbonyl (C=O) groups excluding carboxylic acids is 1. The van der Waals surface area contributed by atoms with E-state index in [1.807, 2.05) is 7.05 Å². The van der Waals surface area contributed by atoms with Crippen LogP contribution >= 0.6 is 0 Å². The Kier molecular flexibility index (Phi) is 4.19. The van der Waals surface area contributed by atoms with E-state index in [2.05, 4.69) is 51.2 Å². The molecule has 0 fully saturated rings. The summed E-state index contributed by atoms with van der Waals surface area (Å²) in [4.78, 5) is 13.5. The Hall–Kier alpha value is -1.35. The van der Waals surface area contributed by atoms with Crippen molar-refractivity contribution in [1.29, 1.82) is 0 Å². The predicted molar refractivity (Wildman–Crippen MR) is 84.0 cm³/mol. The van der Waals surface area contributed by atoms with Gasteiger partial charge in [-0.3, -0.25) is 4.79 Å². The van der Waals surface area contributed by atoms with E-state index in [1.54, 1.807) is 4.90 Å². The fourth-order valence-electron chi connectivity index (χ4n) is 2.87. The van der Waals surface area contributed by atoms with Crippen LogP contribution in [0.5, 0.6) is 0 Å². The van der Waals surface area contributed by atoms with Gasteiger partial charge in [-0.05, 0) is 35.6 Å². The third-order valence-corrected chi connectivity index (χ3v) is 3.85. The second kappa shape index (κ2) is 5.57. The van der Waals surface area contributed by atoms with Gasteiger partial charge < -0.3 is 10.2 Å². The van der Waals surface area contributed by atoms with Gasteiger partial charge in [0, 0.05) is 18.8 Å². The average molecular weight is 274 g/mol. The molecule has 1 amide bonds. The second-order valence-electron chi connectivity index (χ2n) is 6.89. The van der Waals surface area contributed by atoms with Crippen LogP contribution in [0.25, 0.3) is 0 Å². The third kappa shape index (κ3) is 3.21. The van der Waals surface area contributed by atoms with Crippen molar-refractivity contribution in [3.05, 3.63) is 29.3 Å². The first kappa shape index (κ1) is 15.0. The summed E-state index contributed by atoms with van der Waals surface area (Å²) in [7, 11) is 1.85. The molecule has 1 aromatic rings. The highest BCUT2D eigenvalue weighted by molar-refractivity contribution is 6.00. The number of anilines is 1. The van der Waals surface area contributed by atoms with Crippen molar-refractivity contribution < 1.29 is 4.79 Å². The summed E-state index contributed by atoms with van der Waals surface area (Å²) in [6.45, 7) is 9.89. The maximum absolute atomic E-state index is 11.8. The summed E-state index contributed by atoms with van der Waals surface area (Å²) >= 11 is 0. The number of carbonyl (C=O) groups is 1. The molecule has 3 heteroatoms. The molecule has 1 unspecified atom stereocenters. The summed E-state index contributed by atoms with van der Waals surface area (Å²) < 4.78 is 0. The Labute approximate surface area is 122 Å². The van der Waals surface area contributed by atoms with E-state index in [4.69, 9.17) is 0 Å². The van der Waals surface area contributed by atoms with Gasteiger partial charge in [-0.2, -0.15) is 0 Å². The first-order valence-electron chi connectivity index (χ1n) is 7.44. The molecule has 0 saturated heterocycles. The fraction of sp³-hybridized carbons (Fsp3) is 0.588. The number of amides is 1. The van der Waals surface area contributed by atoms with Crippen molar-refractivity contribution in [2.24, 2.45) is 5.41 Å². The minimum absolute atomic E-state index is 0.188. The lowest BCUT2D eigenvalue weighted by Gasteiger charge is -2.27. The van der Waals surface area contributed by atoms with E-state index in [9.17, 15) is 4.79 Å². The number of fused-ring (bicyclic) bond motifs is 1. The van der Waals surface area contributed by atoms with Crippen molar-refractivity contribution in [3.63, 3.8) is 0 Å². The molecule has 0 saturated carbocycles. The molecule has 0 aliphatic carbocycles. The fourth-order valence-corrected chi connectivity index (χ4v) is 2.87. The molecule has 0 radical (unpaired) electrons. The monoisotopic (exact) mass is 274 g/mol. The molecular weight excluding hydrogens is 248 g/mol. The second-order valence-corrected chi connectivity index (χ2v) is 6.89. The van der Waals surface area contributed by atoms with Crippen LogP contribution in [0, 0.1) is 5.41 Å². The maximum Gasteiger partial charge on any atom is 0.231 e. The highest BCUT2D eigenvalue weighted by atomic mass is 16.2. The molecule has 0 spiro atoms. The first-order chi connectivity index (χ1) is 9.31. The molecule has 1 N–H and O–H groups in total. The number of hydrogen-bond donors (Lipinski definition) is 1. The summed E-state index contributed by atoms with van der Waals surface area (Å²) in [6.07, 6.45) is 1.62. The van der Waals surface area contributed by atoms with E-state index in [0.29, 0.717) is 12.5 Å². The molecule has 3 nitrogen and oxygen atoms in total. The van der Waals surface area contributed by atoms with E-state index in [0.717, 1.165) is 24.2 Å². The van der Waals surface area contributed by atoms with Gasteiger partial charge in [0.15, 0.2) is 0 Å². The Bertz CT molecular complexity index is 502. The van der Waals surface area contributed by atoms with Crippen molar-refractivity contribution in [3.8, 4) is 0 Å². The van der Waals surface area contributed by atoms with Crippen LogP contribution < -0.4 is 10.2 Å². The molecule has 0 bridgehead atoms. The molecule has 1 aliphatic rings. The molecule has 20 heavy (non-hydrogen) atoms. The molecule has 2 rings (SSSR count). The zero-order valence-corrected chi connectivity index (χ0v) is 13.3. The normalized spacial score (nSPS) is 16.4. The van der Waals surface area contributed by atoms with Crippen LogP contribution in [0.4, 0.5) is 5.69 Å². The van der Waals surface area contributed by atoms with Gasteiger partial charge in [0.1, 0.15) is 0 Å². The highest BCUT2D eigenvalue weighted by Gasteiger charge is 2.26. The van der Waals surface area contributed by atoms with Gasteiger partial charge in [0.25, 0.3) is 0 Å². The number of hydrogen-bond acceptors (Lipinski definition) is 2. The lowest BCUT2D eigenvalue weighted by Crippen LogP contribution is -2.25. The zero-order chi connectivity index (χ0) is 14.9. The molecule has 1 aromatic carbocycles. The zero-order valence-electron chi connectivity index (χ0n) is 13.3. The van der Waals surface area contributed by atoms with E-state index in [1.165, 1.54) is 5.56 Å². The SMILES string of the molecule is CCNC(CC(C)(C)C)c1ccc2c(c1)CC(=O)N2C. The summed E-state index contributed by atoms with van der Waals surface area (Å²) in [6, 6.07) is 6.80. The smallest absolute Gasteiger partial charge is 0.231 e. The van der Waals surface area contributed by atoms with Crippen molar-refractivity contribution in [1.82, 2.24) is 5.32 Å². The summed E-state index contributed by atoms with van der Waals surface area (Å²) in [5, 5.41) is 3.57. The van der Waals surface area contributed by atoms with Gasteiger partial charge >= 0.3 is 0 Å². The molecular formula is C17H26N2O. The van der Waals surface area contributed by atoms with E-state index < -0.39 is 0 Å².